The Morgan fingerprint density at radius 3 is 2.89 bits per heavy atom. The highest BCUT2D eigenvalue weighted by atomic mass is 33.1. The van der Waals surface area contributed by atoms with Crippen LogP contribution in [0.25, 0.3) is 11.2 Å². The van der Waals surface area contributed by atoms with Gasteiger partial charge >= 0.3 is 0 Å². The van der Waals surface area contributed by atoms with E-state index in [9.17, 15) is 9.90 Å². The first-order valence-corrected chi connectivity index (χ1v) is 18.3. The number of aliphatic hydroxyl groups is 1. The predicted octanol–water partition coefficient (Wildman–Crippen LogP) is 3.63. The Labute approximate surface area is 215 Å². The van der Waals surface area contributed by atoms with Gasteiger partial charge in [-0.25, -0.2) is 4.98 Å². The van der Waals surface area contributed by atoms with Crippen molar-refractivity contribution in [3.8, 4) is 5.88 Å². The van der Waals surface area contributed by atoms with Crippen molar-refractivity contribution in [2.45, 2.75) is 82.0 Å². The first kappa shape index (κ1) is 26.5. The predicted molar refractivity (Wildman–Crippen MR) is 143 cm³/mol. The summed E-state index contributed by atoms with van der Waals surface area (Å²) in [6.07, 6.45) is 3.34. The highest BCUT2D eigenvalue weighted by molar-refractivity contribution is 8.77. The number of nitrogens with zero attached hydrogens (tertiary/aromatic N) is 4. The third-order valence-electron chi connectivity index (χ3n) is 6.07. The van der Waals surface area contributed by atoms with E-state index in [1.807, 2.05) is 22.3 Å². The van der Waals surface area contributed by atoms with Crippen LogP contribution in [0, 0.1) is 0 Å². The first-order chi connectivity index (χ1) is 16.7. The summed E-state index contributed by atoms with van der Waals surface area (Å²) in [6.45, 7) is 9.66. The van der Waals surface area contributed by atoms with Crippen LogP contribution < -0.4 is 15.4 Å². The normalized spacial score (nSPS) is 24.7. The molecule has 0 spiro atoms. The summed E-state index contributed by atoms with van der Waals surface area (Å²) in [7, 11) is 2.33. The molecule has 10 nitrogen and oxygen atoms in total. The lowest BCUT2D eigenvalue weighted by atomic mass is 10.1. The SMILES string of the molecule is CC[C@H]1O[C@@H](n2cnc3c(OCC[Si](C)(C)C)nc(NCNC(=O)CC4CCSS4)nc32)C[C@H]1O. The highest BCUT2D eigenvalue weighted by Gasteiger charge is 2.35. The average molecular weight is 541 g/mol. The molecule has 1 amide bonds. The Balaban J connectivity index is 1.49. The molecule has 1 unspecified atom stereocenters. The molecule has 2 saturated heterocycles. The van der Waals surface area contributed by atoms with Gasteiger partial charge in [-0.1, -0.05) is 48.2 Å². The molecule has 4 heterocycles. The van der Waals surface area contributed by atoms with Gasteiger partial charge in [0, 0.05) is 31.9 Å². The summed E-state index contributed by atoms with van der Waals surface area (Å²) in [5.74, 6) is 1.86. The quantitative estimate of drug-likeness (QED) is 0.221. The molecule has 2 aliphatic rings. The number of carbonyl (C=O) groups is 1. The number of imidazole rings is 1. The maximum Gasteiger partial charge on any atom is 0.247 e. The minimum absolute atomic E-state index is 0.00850. The number of fused-ring (bicyclic) bond motifs is 1. The van der Waals surface area contributed by atoms with Crippen molar-refractivity contribution >= 4 is 52.7 Å². The van der Waals surface area contributed by atoms with Gasteiger partial charge in [0.25, 0.3) is 0 Å². The van der Waals surface area contributed by atoms with Gasteiger partial charge in [-0.15, -0.1) is 0 Å². The molecule has 4 atom stereocenters. The Morgan fingerprint density at radius 1 is 1.37 bits per heavy atom. The zero-order chi connectivity index (χ0) is 25.0. The lowest BCUT2D eigenvalue weighted by Gasteiger charge is -2.17. The van der Waals surface area contributed by atoms with Crippen LogP contribution in [0.4, 0.5) is 5.95 Å². The van der Waals surface area contributed by atoms with Crippen LogP contribution in [0.5, 0.6) is 5.88 Å². The van der Waals surface area contributed by atoms with Crippen LogP contribution in [0.2, 0.25) is 25.7 Å². The lowest BCUT2D eigenvalue weighted by molar-refractivity contribution is -0.120. The maximum absolute atomic E-state index is 12.3. The zero-order valence-corrected chi connectivity index (χ0v) is 23.5. The smallest absolute Gasteiger partial charge is 0.247 e. The van der Waals surface area contributed by atoms with Crippen molar-refractivity contribution in [2.24, 2.45) is 0 Å². The number of rotatable bonds is 11. The van der Waals surface area contributed by atoms with Gasteiger partial charge in [-0.05, 0) is 18.9 Å². The molecule has 0 aliphatic carbocycles. The number of hydrogen-bond acceptors (Lipinski definition) is 10. The Hall–Kier alpha value is -1.54. The van der Waals surface area contributed by atoms with Gasteiger partial charge in [-0.3, -0.25) is 9.36 Å². The van der Waals surface area contributed by atoms with Gasteiger partial charge in [-0.2, -0.15) is 9.97 Å². The zero-order valence-electron chi connectivity index (χ0n) is 20.8. The van der Waals surface area contributed by atoms with E-state index in [1.54, 1.807) is 17.1 Å². The summed E-state index contributed by atoms with van der Waals surface area (Å²) < 4.78 is 14.0. The second-order valence-electron chi connectivity index (χ2n) is 10.2. The van der Waals surface area contributed by atoms with Crippen molar-refractivity contribution in [3.63, 3.8) is 0 Å². The Bertz CT molecular complexity index is 1010. The number of amides is 1. The Morgan fingerprint density at radius 2 is 2.20 bits per heavy atom. The lowest BCUT2D eigenvalue weighted by Crippen LogP contribution is -2.31. The van der Waals surface area contributed by atoms with E-state index in [-0.39, 0.29) is 24.9 Å². The Kier molecular flexibility index (Phi) is 8.84. The molecule has 2 aromatic heterocycles. The van der Waals surface area contributed by atoms with Gasteiger partial charge < -0.3 is 25.2 Å². The third-order valence-corrected chi connectivity index (χ3v) is 10.7. The van der Waals surface area contributed by atoms with Gasteiger partial charge in [0.1, 0.15) is 6.23 Å². The largest absolute Gasteiger partial charge is 0.476 e. The van der Waals surface area contributed by atoms with E-state index in [0.717, 1.165) is 24.6 Å². The molecule has 2 aliphatic heterocycles. The van der Waals surface area contributed by atoms with Gasteiger partial charge in [0.2, 0.25) is 17.7 Å². The van der Waals surface area contributed by atoms with Crippen LogP contribution in [0.1, 0.15) is 38.8 Å². The highest BCUT2D eigenvalue weighted by Crippen LogP contribution is 2.39. The molecule has 0 radical (unpaired) electrons. The maximum atomic E-state index is 12.3. The molecular weight excluding hydrogens is 505 g/mol. The van der Waals surface area contributed by atoms with Crippen LogP contribution in [0.3, 0.4) is 0 Å². The number of aromatic nitrogens is 4. The molecule has 13 heteroatoms. The topological polar surface area (TPSA) is 123 Å². The third kappa shape index (κ3) is 7.03. The average Bonchev–Trinajstić information content (AvgIpc) is 3.52. The monoisotopic (exact) mass is 540 g/mol. The molecular formula is C22H36N6O4S2Si. The summed E-state index contributed by atoms with van der Waals surface area (Å²) in [6, 6.07) is 0.992. The number of anilines is 1. The fourth-order valence-corrected chi connectivity index (χ4v) is 7.61. The van der Waals surface area contributed by atoms with Crippen LogP contribution in [-0.4, -0.2) is 75.1 Å². The van der Waals surface area contributed by atoms with Crippen molar-refractivity contribution in [2.75, 3.05) is 24.3 Å². The summed E-state index contributed by atoms with van der Waals surface area (Å²) in [5, 5.41) is 16.7. The molecule has 194 valence electrons. The number of carbonyl (C=O) groups excluding carboxylic acids is 1. The minimum atomic E-state index is -1.29. The molecule has 0 bridgehead atoms. The molecule has 4 rings (SSSR count). The number of aliphatic hydroxyl groups excluding tert-OH is 1. The van der Waals surface area contributed by atoms with Crippen LogP contribution >= 0.6 is 21.6 Å². The van der Waals surface area contributed by atoms with Crippen molar-refractivity contribution < 1.29 is 19.4 Å². The van der Waals surface area contributed by atoms with E-state index in [4.69, 9.17) is 9.47 Å². The van der Waals surface area contributed by atoms with Gasteiger partial charge in [0.15, 0.2) is 11.2 Å². The molecule has 0 aromatic carbocycles. The molecule has 3 N–H and O–H groups in total. The molecule has 0 saturated carbocycles. The summed E-state index contributed by atoms with van der Waals surface area (Å²) in [5.41, 5.74) is 1.13. The van der Waals surface area contributed by atoms with Crippen LogP contribution in [-0.2, 0) is 9.53 Å². The summed E-state index contributed by atoms with van der Waals surface area (Å²) >= 11 is 0. The number of hydrogen-bond donors (Lipinski definition) is 3. The molecule has 35 heavy (non-hydrogen) atoms. The molecule has 2 aromatic rings. The van der Waals surface area contributed by atoms with Gasteiger partial charge in [0.05, 0.1) is 31.8 Å². The van der Waals surface area contributed by atoms with E-state index in [1.165, 1.54) is 0 Å². The second kappa shape index (κ2) is 11.7. The standard InChI is InChI=1S/C22H36N6O4S2Si/c1-5-16-15(29)11-18(32-16)28-13-25-19-20(28)26-22(27-21(19)31-7-9-35(2,3)4)24-12-23-17(30)10-14-6-8-33-34-14/h13-16,18,29H,5-12H2,1-4H3,(H,23,30)(H,24,26,27)/t14?,15-,16-,18-/m1/s1. The second-order valence-corrected chi connectivity index (χ2v) is 18.6. The van der Waals surface area contributed by atoms with E-state index < -0.39 is 14.2 Å². The number of nitrogens with one attached hydrogen (secondary N) is 2. The fraction of sp³-hybridized carbons (Fsp3) is 0.727. The number of ether oxygens (including phenoxy) is 2. The molecule has 2 fully saturated rings. The fourth-order valence-electron chi connectivity index (χ4n) is 4.00. The van der Waals surface area contributed by atoms with Crippen molar-refractivity contribution in [1.82, 2.24) is 24.8 Å². The van der Waals surface area contributed by atoms with Crippen LogP contribution in [0.15, 0.2) is 6.33 Å². The van der Waals surface area contributed by atoms with E-state index in [2.05, 4.69) is 45.2 Å². The van der Waals surface area contributed by atoms with E-state index in [0.29, 0.717) is 47.7 Å². The van der Waals surface area contributed by atoms with Crippen molar-refractivity contribution in [3.05, 3.63) is 6.33 Å². The minimum Gasteiger partial charge on any atom is -0.476 e. The summed E-state index contributed by atoms with van der Waals surface area (Å²) in [4.78, 5) is 26.0. The first-order valence-electron chi connectivity index (χ1n) is 12.2. The van der Waals surface area contributed by atoms with E-state index >= 15 is 0 Å². The van der Waals surface area contributed by atoms with Crippen molar-refractivity contribution in [1.29, 1.82) is 0 Å².